The van der Waals surface area contributed by atoms with Crippen LogP contribution in [0.2, 0.25) is 0 Å². The summed E-state index contributed by atoms with van der Waals surface area (Å²) in [4.78, 5) is 11.1. The molecule has 0 atom stereocenters. The van der Waals surface area contributed by atoms with Crippen molar-refractivity contribution in [3.05, 3.63) is 35.4 Å². The lowest BCUT2D eigenvalue weighted by atomic mass is 9.80. The van der Waals surface area contributed by atoms with Gasteiger partial charge in [0.1, 0.15) is 0 Å². The van der Waals surface area contributed by atoms with Gasteiger partial charge < -0.3 is 0 Å². The van der Waals surface area contributed by atoms with Crippen molar-refractivity contribution in [2.45, 2.75) is 39.0 Å². The number of carbonyl (C=O) groups is 1. The van der Waals surface area contributed by atoms with Gasteiger partial charge in [-0.3, -0.25) is 10.0 Å². The molecule has 0 heterocycles. The largest absolute Gasteiger partial charge is 0.288 e. The van der Waals surface area contributed by atoms with Crippen LogP contribution in [-0.2, 0) is 5.41 Å². The first-order valence-electron chi connectivity index (χ1n) is 5.56. The van der Waals surface area contributed by atoms with Gasteiger partial charge >= 0.3 is 0 Å². The second kappa shape index (κ2) is 5.12. The Balaban J connectivity index is 2.90. The first-order chi connectivity index (χ1) is 7.51. The van der Waals surface area contributed by atoms with Gasteiger partial charge in [0.25, 0.3) is 5.91 Å². The topological polar surface area (TPSA) is 49.3 Å². The normalized spacial score (nSPS) is 11.2. The highest BCUT2D eigenvalue weighted by molar-refractivity contribution is 5.93. The average Bonchev–Trinajstić information content (AvgIpc) is 2.28. The van der Waals surface area contributed by atoms with E-state index >= 15 is 0 Å². The van der Waals surface area contributed by atoms with E-state index in [2.05, 4.69) is 20.8 Å². The summed E-state index contributed by atoms with van der Waals surface area (Å²) in [6.45, 7) is 6.55. The second-order valence-corrected chi connectivity index (χ2v) is 4.65. The van der Waals surface area contributed by atoms with Crippen molar-refractivity contribution >= 4 is 5.91 Å². The van der Waals surface area contributed by atoms with Crippen LogP contribution in [0.4, 0.5) is 0 Å². The quantitative estimate of drug-likeness (QED) is 0.606. The Morgan fingerprint density at radius 1 is 1.31 bits per heavy atom. The highest BCUT2D eigenvalue weighted by Crippen LogP contribution is 2.28. The van der Waals surface area contributed by atoms with Crippen molar-refractivity contribution in [1.29, 1.82) is 0 Å². The van der Waals surface area contributed by atoms with Crippen molar-refractivity contribution in [3.8, 4) is 0 Å². The maximum absolute atomic E-state index is 11.1. The molecule has 0 aliphatic heterocycles. The summed E-state index contributed by atoms with van der Waals surface area (Å²) in [6.07, 6.45) is 2.24. The van der Waals surface area contributed by atoms with Crippen LogP contribution in [0, 0.1) is 0 Å². The summed E-state index contributed by atoms with van der Waals surface area (Å²) in [7, 11) is 0. The van der Waals surface area contributed by atoms with Crippen LogP contribution in [0.25, 0.3) is 0 Å². The fraction of sp³-hybridized carbons (Fsp3) is 0.462. The van der Waals surface area contributed by atoms with E-state index in [1.165, 1.54) is 5.56 Å². The summed E-state index contributed by atoms with van der Waals surface area (Å²) in [5.74, 6) is -0.472. The third kappa shape index (κ3) is 2.83. The molecule has 3 nitrogen and oxygen atoms in total. The maximum Gasteiger partial charge on any atom is 0.274 e. The number of carbonyl (C=O) groups excluding carboxylic acids is 1. The second-order valence-electron chi connectivity index (χ2n) is 4.65. The number of amides is 1. The van der Waals surface area contributed by atoms with Crippen LogP contribution < -0.4 is 5.48 Å². The Morgan fingerprint density at radius 2 is 1.88 bits per heavy atom. The molecule has 1 amide bonds. The molecule has 0 aromatic heterocycles. The van der Waals surface area contributed by atoms with Crippen LogP contribution in [0.1, 0.15) is 49.5 Å². The molecule has 0 saturated heterocycles. The minimum Gasteiger partial charge on any atom is -0.288 e. The molecule has 0 saturated carbocycles. The lowest BCUT2D eigenvalue weighted by molar-refractivity contribution is 0.0706. The van der Waals surface area contributed by atoms with Crippen molar-refractivity contribution in [3.63, 3.8) is 0 Å². The Labute approximate surface area is 96.4 Å². The van der Waals surface area contributed by atoms with Gasteiger partial charge in [0, 0.05) is 5.56 Å². The smallest absolute Gasteiger partial charge is 0.274 e. The first kappa shape index (κ1) is 12.7. The summed E-state index contributed by atoms with van der Waals surface area (Å²) in [5, 5.41) is 8.50. The maximum atomic E-state index is 11.1. The Hall–Kier alpha value is -1.35. The molecule has 0 bridgehead atoms. The molecule has 0 spiro atoms. The zero-order valence-corrected chi connectivity index (χ0v) is 10.1. The molecule has 0 fully saturated rings. The van der Waals surface area contributed by atoms with Gasteiger partial charge in [-0.15, -0.1) is 0 Å². The van der Waals surface area contributed by atoms with Gasteiger partial charge in [0.2, 0.25) is 0 Å². The van der Waals surface area contributed by atoms with Gasteiger partial charge in [-0.25, -0.2) is 5.48 Å². The van der Waals surface area contributed by atoms with Crippen LogP contribution in [0.5, 0.6) is 0 Å². The predicted octanol–water partition coefficient (Wildman–Crippen LogP) is 2.88. The van der Waals surface area contributed by atoms with E-state index in [4.69, 9.17) is 5.21 Å². The lowest BCUT2D eigenvalue weighted by Gasteiger charge is -2.24. The number of hydrogen-bond acceptors (Lipinski definition) is 2. The van der Waals surface area contributed by atoms with E-state index in [0.29, 0.717) is 5.56 Å². The van der Waals surface area contributed by atoms with Crippen LogP contribution in [0.3, 0.4) is 0 Å². The first-order valence-corrected chi connectivity index (χ1v) is 5.56. The molecular weight excluding hydrogens is 202 g/mol. The molecule has 1 rings (SSSR count). The van der Waals surface area contributed by atoms with Crippen molar-refractivity contribution in [2.24, 2.45) is 0 Å². The van der Waals surface area contributed by atoms with E-state index in [9.17, 15) is 4.79 Å². The summed E-state index contributed by atoms with van der Waals surface area (Å²) < 4.78 is 0. The van der Waals surface area contributed by atoms with Crippen LogP contribution >= 0.6 is 0 Å². The van der Waals surface area contributed by atoms with Crippen molar-refractivity contribution in [2.75, 3.05) is 0 Å². The van der Waals surface area contributed by atoms with Crippen LogP contribution in [0.15, 0.2) is 24.3 Å². The number of hydroxylamine groups is 1. The van der Waals surface area contributed by atoms with E-state index in [1.54, 1.807) is 17.6 Å². The number of nitrogens with one attached hydrogen (secondary N) is 1. The van der Waals surface area contributed by atoms with Crippen molar-refractivity contribution < 1.29 is 10.0 Å². The van der Waals surface area contributed by atoms with E-state index in [-0.39, 0.29) is 5.41 Å². The standard InChI is InChI=1S/C13H19NO2/c1-4-9-13(2,3)11-7-5-10(6-8-11)12(15)14-16/h5-8,16H,4,9H2,1-3H3,(H,14,15). The molecule has 0 aliphatic rings. The molecule has 1 aromatic rings. The average molecular weight is 221 g/mol. The monoisotopic (exact) mass is 221 g/mol. The molecule has 88 valence electrons. The minimum atomic E-state index is -0.472. The van der Waals surface area contributed by atoms with Gasteiger partial charge in [0.05, 0.1) is 0 Å². The molecule has 0 aliphatic carbocycles. The predicted molar refractivity (Wildman–Crippen MR) is 63.6 cm³/mol. The Bertz CT molecular complexity index is 355. The van der Waals surface area contributed by atoms with Gasteiger partial charge in [-0.05, 0) is 29.5 Å². The number of hydrogen-bond donors (Lipinski definition) is 2. The van der Waals surface area contributed by atoms with Gasteiger partial charge in [-0.2, -0.15) is 0 Å². The molecule has 3 heteroatoms. The summed E-state index contributed by atoms with van der Waals surface area (Å²) in [6, 6.07) is 7.36. The Kier molecular flexibility index (Phi) is 4.07. The lowest BCUT2D eigenvalue weighted by Crippen LogP contribution is -2.20. The molecule has 16 heavy (non-hydrogen) atoms. The molecule has 1 aromatic carbocycles. The highest BCUT2D eigenvalue weighted by atomic mass is 16.5. The summed E-state index contributed by atoms with van der Waals surface area (Å²) >= 11 is 0. The van der Waals surface area contributed by atoms with Crippen LogP contribution in [-0.4, -0.2) is 11.1 Å². The minimum absolute atomic E-state index is 0.128. The van der Waals surface area contributed by atoms with E-state index in [1.807, 2.05) is 12.1 Å². The third-order valence-electron chi connectivity index (χ3n) is 2.91. The van der Waals surface area contributed by atoms with E-state index in [0.717, 1.165) is 12.8 Å². The molecule has 2 N–H and O–H groups in total. The van der Waals surface area contributed by atoms with Gasteiger partial charge in [0.15, 0.2) is 0 Å². The molecule has 0 radical (unpaired) electrons. The van der Waals surface area contributed by atoms with Gasteiger partial charge in [-0.1, -0.05) is 39.3 Å². The van der Waals surface area contributed by atoms with Crippen molar-refractivity contribution in [1.82, 2.24) is 5.48 Å². The summed E-state index contributed by atoms with van der Waals surface area (Å²) in [5.41, 5.74) is 3.44. The van der Waals surface area contributed by atoms with E-state index < -0.39 is 5.91 Å². The zero-order valence-electron chi connectivity index (χ0n) is 10.1. The highest BCUT2D eigenvalue weighted by Gasteiger charge is 2.19. The fourth-order valence-electron chi connectivity index (χ4n) is 1.91. The SMILES string of the molecule is CCCC(C)(C)c1ccc(C(=O)NO)cc1. The number of rotatable bonds is 4. The molecular formula is C13H19NO2. The fourth-order valence-corrected chi connectivity index (χ4v) is 1.91. The Morgan fingerprint density at radius 3 is 2.31 bits per heavy atom. The molecule has 0 unspecified atom stereocenters. The number of benzene rings is 1. The zero-order chi connectivity index (χ0) is 12.2. The third-order valence-corrected chi connectivity index (χ3v) is 2.91.